The first-order chi connectivity index (χ1) is 16.6. The first-order valence-electron chi connectivity index (χ1n) is 11.5. The quantitative estimate of drug-likeness (QED) is 0.430. The van der Waals surface area contributed by atoms with Crippen LogP contribution >= 0.6 is 11.3 Å². The summed E-state index contributed by atoms with van der Waals surface area (Å²) < 4.78 is 2.88. The molecule has 0 spiro atoms. The van der Waals surface area contributed by atoms with Gasteiger partial charge in [0.25, 0.3) is 5.91 Å². The van der Waals surface area contributed by atoms with Crippen LogP contribution in [0.5, 0.6) is 0 Å². The minimum Gasteiger partial charge on any atom is -0.352 e. The zero-order valence-corrected chi connectivity index (χ0v) is 19.6. The van der Waals surface area contributed by atoms with Crippen molar-refractivity contribution in [3.05, 3.63) is 84.2 Å². The first-order valence-corrected chi connectivity index (χ1v) is 12.3. The fourth-order valence-corrected chi connectivity index (χ4v) is 5.22. The standard InChI is InChI=1S/C26H27N5O2S/c32-24(28-21-10-14-30(15-11-21)18-19-6-2-1-3-7-19)17-27-25(33)20-8-9-22-23(16-20)34-26(29-22)31-12-4-5-13-31/h1-9,12-13,16,21H,10-11,14-15,17-18H2,(H,27,33)(H,28,32). The van der Waals surface area contributed by atoms with Crippen molar-refractivity contribution in [2.75, 3.05) is 19.6 Å². The predicted octanol–water partition coefficient (Wildman–Crippen LogP) is 3.60. The third-order valence-corrected chi connectivity index (χ3v) is 7.11. The molecule has 0 aliphatic carbocycles. The van der Waals surface area contributed by atoms with Crippen molar-refractivity contribution in [2.24, 2.45) is 0 Å². The molecule has 2 aromatic carbocycles. The van der Waals surface area contributed by atoms with Crippen molar-refractivity contribution in [1.29, 1.82) is 0 Å². The highest BCUT2D eigenvalue weighted by atomic mass is 32.1. The van der Waals surface area contributed by atoms with E-state index in [1.807, 2.05) is 47.3 Å². The molecule has 1 aliphatic rings. The number of piperidine rings is 1. The predicted molar refractivity (Wildman–Crippen MR) is 134 cm³/mol. The topological polar surface area (TPSA) is 79.3 Å². The lowest BCUT2D eigenvalue weighted by Crippen LogP contribution is -2.47. The number of benzene rings is 2. The van der Waals surface area contributed by atoms with E-state index in [4.69, 9.17) is 0 Å². The van der Waals surface area contributed by atoms with Crippen molar-refractivity contribution in [1.82, 2.24) is 25.1 Å². The molecule has 0 radical (unpaired) electrons. The number of nitrogens with zero attached hydrogens (tertiary/aromatic N) is 3. The summed E-state index contributed by atoms with van der Waals surface area (Å²) in [5.41, 5.74) is 2.68. The van der Waals surface area contributed by atoms with Crippen molar-refractivity contribution in [3.63, 3.8) is 0 Å². The fraction of sp³-hybridized carbons (Fsp3) is 0.269. The number of fused-ring (bicyclic) bond motifs is 1. The lowest BCUT2D eigenvalue weighted by molar-refractivity contribution is -0.121. The van der Waals surface area contributed by atoms with Gasteiger partial charge in [-0.15, -0.1) is 0 Å². The first kappa shape index (κ1) is 22.3. The van der Waals surface area contributed by atoms with Gasteiger partial charge in [-0.05, 0) is 48.7 Å². The molecule has 2 aromatic heterocycles. The summed E-state index contributed by atoms with van der Waals surface area (Å²) in [4.78, 5) is 32.1. The molecule has 0 saturated carbocycles. The Bertz CT molecular complexity index is 1260. The molecule has 174 valence electrons. The number of rotatable bonds is 7. The highest BCUT2D eigenvalue weighted by Gasteiger charge is 2.21. The van der Waals surface area contributed by atoms with Crippen LogP contribution in [-0.2, 0) is 11.3 Å². The van der Waals surface area contributed by atoms with E-state index < -0.39 is 0 Å². The molecule has 1 fully saturated rings. The van der Waals surface area contributed by atoms with Gasteiger partial charge < -0.3 is 15.2 Å². The summed E-state index contributed by atoms with van der Waals surface area (Å²) in [6.07, 6.45) is 5.71. The average Bonchev–Trinajstić information content (AvgIpc) is 3.54. The van der Waals surface area contributed by atoms with Gasteiger partial charge in [0.2, 0.25) is 5.91 Å². The van der Waals surface area contributed by atoms with E-state index in [1.165, 1.54) is 16.9 Å². The molecule has 1 saturated heterocycles. The van der Waals surface area contributed by atoms with Gasteiger partial charge >= 0.3 is 0 Å². The maximum atomic E-state index is 12.6. The number of aromatic nitrogens is 2. The number of amides is 2. The van der Waals surface area contributed by atoms with Gasteiger partial charge in [0.05, 0.1) is 16.8 Å². The Morgan fingerprint density at radius 3 is 2.53 bits per heavy atom. The monoisotopic (exact) mass is 473 g/mol. The molecule has 2 N–H and O–H groups in total. The van der Waals surface area contributed by atoms with Crippen LogP contribution in [0, 0.1) is 0 Å². The second-order valence-corrected chi connectivity index (χ2v) is 9.56. The Kier molecular flexibility index (Phi) is 6.69. The van der Waals surface area contributed by atoms with Gasteiger partial charge in [0, 0.05) is 43.6 Å². The normalized spacial score (nSPS) is 14.8. The van der Waals surface area contributed by atoms with Gasteiger partial charge in [0.15, 0.2) is 5.13 Å². The van der Waals surface area contributed by atoms with Gasteiger partial charge in [-0.2, -0.15) is 0 Å². The zero-order chi connectivity index (χ0) is 23.3. The van der Waals surface area contributed by atoms with E-state index in [-0.39, 0.29) is 24.4 Å². The number of hydrogen-bond donors (Lipinski definition) is 2. The van der Waals surface area contributed by atoms with Gasteiger partial charge in [0.1, 0.15) is 0 Å². The van der Waals surface area contributed by atoms with E-state index in [0.29, 0.717) is 5.56 Å². The van der Waals surface area contributed by atoms with Crippen LogP contribution in [0.2, 0.25) is 0 Å². The molecule has 0 unspecified atom stereocenters. The highest BCUT2D eigenvalue weighted by molar-refractivity contribution is 7.20. The second-order valence-electron chi connectivity index (χ2n) is 8.56. The van der Waals surface area contributed by atoms with Crippen LogP contribution in [0.4, 0.5) is 0 Å². The number of carbonyl (C=O) groups excluding carboxylic acids is 2. The van der Waals surface area contributed by atoms with Crippen LogP contribution < -0.4 is 10.6 Å². The van der Waals surface area contributed by atoms with Gasteiger partial charge in [-0.3, -0.25) is 14.5 Å². The molecule has 8 heteroatoms. The lowest BCUT2D eigenvalue weighted by Gasteiger charge is -2.32. The van der Waals surface area contributed by atoms with Gasteiger partial charge in [-0.25, -0.2) is 4.98 Å². The molecule has 2 amide bonds. The third-order valence-electron chi connectivity index (χ3n) is 6.08. The van der Waals surface area contributed by atoms with E-state index >= 15 is 0 Å². The van der Waals surface area contributed by atoms with E-state index in [1.54, 1.807) is 6.07 Å². The summed E-state index contributed by atoms with van der Waals surface area (Å²) in [5.74, 6) is -0.408. The molecule has 7 nitrogen and oxygen atoms in total. The van der Waals surface area contributed by atoms with Crippen LogP contribution in [-0.4, -0.2) is 51.9 Å². The Labute approximate surface area is 202 Å². The summed E-state index contributed by atoms with van der Waals surface area (Å²) in [6, 6.07) is 19.9. The maximum absolute atomic E-state index is 12.6. The molecular weight excluding hydrogens is 446 g/mol. The number of thiazole rings is 1. The molecule has 5 rings (SSSR count). The number of carbonyl (C=O) groups is 2. The largest absolute Gasteiger partial charge is 0.352 e. The van der Waals surface area contributed by atoms with E-state index in [2.05, 4.69) is 44.8 Å². The molecule has 0 atom stereocenters. The SMILES string of the molecule is O=C(CNC(=O)c1ccc2nc(-n3cccc3)sc2c1)NC1CCN(Cc2ccccc2)CC1. The number of hydrogen-bond acceptors (Lipinski definition) is 5. The van der Waals surface area contributed by atoms with Crippen molar-refractivity contribution in [2.45, 2.75) is 25.4 Å². The van der Waals surface area contributed by atoms with Crippen LogP contribution in [0.15, 0.2) is 73.1 Å². The van der Waals surface area contributed by atoms with Crippen molar-refractivity contribution < 1.29 is 9.59 Å². The second kappa shape index (κ2) is 10.2. The fourth-order valence-electron chi connectivity index (χ4n) is 4.24. The molecule has 1 aliphatic heterocycles. The van der Waals surface area contributed by atoms with E-state index in [0.717, 1.165) is 47.8 Å². The highest BCUT2D eigenvalue weighted by Crippen LogP contribution is 2.26. The summed E-state index contributed by atoms with van der Waals surface area (Å²) in [7, 11) is 0. The smallest absolute Gasteiger partial charge is 0.251 e. The summed E-state index contributed by atoms with van der Waals surface area (Å²) in [5, 5.41) is 6.67. The lowest BCUT2D eigenvalue weighted by atomic mass is 10.0. The molecule has 34 heavy (non-hydrogen) atoms. The molecule has 3 heterocycles. The van der Waals surface area contributed by atoms with Crippen molar-refractivity contribution >= 4 is 33.4 Å². The Morgan fingerprint density at radius 2 is 1.76 bits per heavy atom. The number of likely N-dealkylation sites (tertiary alicyclic amines) is 1. The van der Waals surface area contributed by atoms with Crippen LogP contribution in [0.25, 0.3) is 15.3 Å². The average molecular weight is 474 g/mol. The summed E-state index contributed by atoms with van der Waals surface area (Å²) in [6.45, 7) is 2.81. The zero-order valence-electron chi connectivity index (χ0n) is 18.8. The molecule has 4 aromatic rings. The molecule has 0 bridgehead atoms. The molecular formula is C26H27N5O2S. The summed E-state index contributed by atoms with van der Waals surface area (Å²) >= 11 is 1.52. The Morgan fingerprint density at radius 1 is 1.00 bits per heavy atom. The minimum atomic E-state index is -0.259. The van der Waals surface area contributed by atoms with Crippen LogP contribution in [0.3, 0.4) is 0 Å². The van der Waals surface area contributed by atoms with Gasteiger partial charge in [-0.1, -0.05) is 41.7 Å². The Balaban J connectivity index is 1.09. The number of nitrogens with one attached hydrogen (secondary N) is 2. The van der Waals surface area contributed by atoms with E-state index in [9.17, 15) is 9.59 Å². The Hall–Kier alpha value is -3.49. The maximum Gasteiger partial charge on any atom is 0.251 e. The van der Waals surface area contributed by atoms with Crippen molar-refractivity contribution in [3.8, 4) is 5.13 Å². The van der Waals surface area contributed by atoms with Crippen LogP contribution in [0.1, 0.15) is 28.8 Å². The minimum absolute atomic E-state index is 0.0294. The third kappa shape index (κ3) is 5.35.